The summed E-state index contributed by atoms with van der Waals surface area (Å²) in [6, 6.07) is 2.32. The maximum Gasteiger partial charge on any atom is 0.421 e. The quantitative estimate of drug-likeness (QED) is 0.797. The fourth-order valence-electron chi connectivity index (χ4n) is 3.09. The van der Waals surface area contributed by atoms with Crippen LogP contribution in [0.25, 0.3) is 0 Å². The van der Waals surface area contributed by atoms with Gasteiger partial charge in [-0.3, -0.25) is 0 Å². The Kier molecular flexibility index (Phi) is 4.04. The third kappa shape index (κ3) is 3.34. The summed E-state index contributed by atoms with van der Waals surface area (Å²) < 4.78 is 41.2. The first-order chi connectivity index (χ1) is 12.4. The predicted molar refractivity (Wildman–Crippen MR) is 91.5 cm³/mol. The zero-order valence-electron chi connectivity index (χ0n) is 14.6. The molecule has 2 saturated carbocycles. The summed E-state index contributed by atoms with van der Waals surface area (Å²) in [4.78, 5) is 7.90. The van der Waals surface area contributed by atoms with Crippen LogP contribution in [0.15, 0.2) is 12.3 Å². The zero-order chi connectivity index (χ0) is 18.5. The molecule has 0 saturated heterocycles. The van der Waals surface area contributed by atoms with E-state index in [2.05, 4.69) is 27.5 Å². The maximum atomic E-state index is 13.1. The fourth-order valence-corrected chi connectivity index (χ4v) is 3.09. The predicted octanol–water partition coefficient (Wildman–Crippen LogP) is 4.33. The molecule has 26 heavy (non-hydrogen) atoms. The van der Waals surface area contributed by atoms with Crippen LogP contribution in [0.1, 0.15) is 56.3 Å². The van der Waals surface area contributed by atoms with E-state index in [9.17, 15) is 13.2 Å². The number of halogens is 3. The Bertz CT molecular complexity index is 811. The van der Waals surface area contributed by atoms with Crippen molar-refractivity contribution in [3.63, 3.8) is 0 Å². The molecular weight excluding hydrogens is 345 g/mol. The van der Waals surface area contributed by atoms with Crippen LogP contribution in [0, 0.1) is 5.92 Å². The fraction of sp³-hybridized carbons (Fsp3) is 0.588. The monoisotopic (exact) mass is 366 g/mol. The highest BCUT2D eigenvalue weighted by Gasteiger charge is 2.38. The van der Waals surface area contributed by atoms with E-state index in [1.807, 2.05) is 10.7 Å². The van der Waals surface area contributed by atoms with Crippen LogP contribution in [-0.4, -0.2) is 26.3 Å². The van der Waals surface area contributed by atoms with Gasteiger partial charge in [-0.1, -0.05) is 6.92 Å². The molecule has 0 aromatic carbocycles. The van der Waals surface area contributed by atoms with E-state index >= 15 is 0 Å². The van der Waals surface area contributed by atoms with Gasteiger partial charge in [0.25, 0.3) is 0 Å². The number of anilines is 3. The molecule has 2 aromatic rings. The second-order valence-corrected chi connectivity index (χ2v) is 7.06. The number of hydrogen-bond acceptors (Lipinski definition) is 5. The lowest BCUT2D eigenvalue weighted by Gasteiger charge is -2.14. The van der Waals surface area contributed by atoms with Gasteiger partial charge in [-0.05, 0) is 32.1 Å². The summed E-state index contributed by atoms with van der Waals surface area (Å²) in [6.07, 6.45) is -0.433. The largest absolute Gasteiger partial charge is 0.421 e. The third-order valence-electron chi connectivity index (χ3n) is 4.82. The number of hydrogen-bond donors (Lipinski definition) is 2. The van der Waals surface area contributed by atoms with E-state index in [1.54, 1.807) is 6.92 Å². The molecule has 0 aliphatic heterocycles. The SMILES string of the molecule is CCNc1nc(Nc2cc([C@H]3C[C@H]3C)nn2C2CC2)ncc1C(F)(F)F. The van der Waals surface area contributed by atoms with Crippen molar-refractivity contribution in [3.8, 4) is 0 Å². The lowest BCUT2D eigenvalue weighted by molar-refractivity contribution is -0.137. The molecule has 4 rings (SSSR count). The number of nitrogens with one attached hydrogen (secondary N) is 2. The highest BCUT2D eigenvalue weighted by Crippen LogP contribution is 2.48. The lowest BCUT2D eigenvalue weighted by Crippen LogP contribution is -2.14. The average molecular weight is 366 g/mol. The van der Waals surface area contributed by atoms with Gasteiger partial charge >= 0.3 is 6.18 Å². The molecule has 2 aromatic heterocycles. The average Bonchev–Trinajstić information content (AvgIpc) is 3.48. The molecule has 2 aliphatic carbocycles. The van der Waals surface area contributed by atoms with E-state index in [4.69, 9.17) is 5.10 Å². The van der Waals surface area contributed by atoms with Crippen LogP contribution < -0.4 is 10.6 Å². The molecule has 140 valence electrons. The summed E-state index contributed by atoms with van der Waals surface area (Å²) in [5.74, 6) is 1.76. The Labute approximate surface area is 149 Å². The van der Waals surface area contributed by atoms with Crippen LogP contribution in [-0.2, 0) is 6.18 Å². The molecule has 0 radical (unpaired) electrons. The molecule has 2 atom stereocenters. The van der Waals surface area contributed by atoms with Gasteiger partial charge in [0.15, 0.2) is 0 Å². The first kappa shape index (κ1) is 17.1. The molecule has 2 fully saturated rings. The molecule has 0 amide bonds. The Morgan fingerprint density at radius 2 is 2.04 bits per heavy atom. The number of rotatable bonds is 6. The standard InChI is InChI=1S/C17H21F3N6/c1-3-21-15-12(17(18,19)20)8-22-16(24-15)23-14-7-13(11-6-9(11)2)25-26(14)10-4-5-10/h7-11H,3-6H2,1-2H3,(H2,21,22,23,24)/t9-,11+/m1/s1. The maximum absolute atomic E-state index is 13.1. The number of alkyl halides is 3. The van der Waals surface area contributed by atoms with Gasteiger partial charge in [-0.15, -0.1) is 0 Å². The molecule has 9 heteroatoms. The van der Waals surface area contributed by atoms with E-state index in [-0.39, 0.29) is 11.8 Å². The van der Waals surface area contributed by atoms with E-state index in [0.29, 0.717) is 24.4 Å². The molecular formula is C17H21F3N6. The van der Waals surface area contributed by atoms with Gasteiger partial charge in [0.1, 0.15) is 17.2 Å². The molecule has 0 bridgehead atoms. The van der Waals surface area contributed by atoms with Gasteiger partial charge < -0.3 is 10.6 Å². The van der Waals surface area contributed by atoms with Crippen molar-refractivity contribution >= 4 is 17.6 Å². The summed E-state index contributed by atoms with van der Waals surface area (Å²) in [7, 11) is 0. The van der Waals surface area contributed by atoms with Gasteiger partial charge in [-0.2, -0.15) is 23.3 Å². The Balaban J connectivity index is 1.62. The van der Waals surface area contributed by atoms with Crippen LogP contribution in [0.3, 0.4) is 0 Å². The molecule has 2 N–H and O–H groups in total. The van der Waals surface area contributed by atoms with Gasteiger partial charge in [0, 0.05) is 24.7 Å². The molecule has 0 spiro atoms. The smallest absolute Gasteiger partial charge is 0.370 e. The van der Waals surface area contributed by atoms with Crippen molar-refractivity contribution in [1.82, 2.24) is 19.7 Å². The van der Waals surface area contributed by atoms with Crippen molar-refractivity contribution in [2.75, 3.05) is 17.2 Å². The highest BCUT2D eigenvalue weighted by atomic mass is 19.4. The molecule has 6 nitrogen and oxygen atoms in total. The van der Waals surface area contributed by atoms with Crippen molar-refractivity contribution in [1.29, 1.82) is 0 Å². The minimum Gasteiger partial charge on any atom is -0.370 e. The second kappa shape index (κ2) is 6.14. The Morgan fingerprint density at radius 1 is 1.31 bits per heavy atom. The topological polar surface area (TPSA) is 67.7 Å². The normalized spacial score (nSPS) is 22.3. The molecule has 2 heterocycles. The Hall–Kier alpha value is -2.32. The van der Waals surface area contributed by atoms with Crippen LogP contribution in [0.4, 0.5) is 30.8 Å². The number of nitrogens with zero attached hydrogens (tertiary/aromatic N) is 4. The van der Waals surface area contributed by atoms with Gasteiger partial charge in [0.2, 0.25) is 5.95 Å². The zero-order valence-corrected chi connectivity index (χ0v) is 14.6. The third-order valence-corrected chi connectivity index (χ3v) is 4.82. The van der Waals surface area contributed by atoms with Crippen LogP contribution in [0.5, 0.6) is 0 Å². The van der Waals surface area contributed by atoms with Crippen molar-refractivity contribution in [2.45, 2.75) is 51.2 Å². The van der Waals surface area contributed by atoms with E-state index < -0.39 is 11.7 Å². The van der Waals surface area contributed by atoms with Crippen LogP contribution >= 0.6 is 0 Å². The van der Waals surface area contributed by atoms with Crippen molar-refractivity contribution in [2.24, 2.45) is 5.92 Å². The summed E-state index contributed by atoms with van der Waals surface area (Å²) in [5.41, 5.74) is 0.166. The minimum atomic E-state index is -4.50. The van der Waals surface area contributed by atoms with Crippen LogP contribution in [0.2, 0.25) is 0 Å². The van der Waals surface area contributed by atoms with Crippen molar-refractivity contribution in [3.05, 3.63) is 23.5 Å². The lowest BCUT2D eigenvalue weighted by atomic mass is 10.2. The van der Waals surface area contributed by atoms with Gasteiger partial charge in [0.05, 0.1) is 11.7 Å². The molecule has 2 aliphatic rings. The summed E-state index contributed by atoms with van der Waals surface area (Å²) in [6.45, 7) is 4.25. The minimum absolute atomic E-state index is 0.131. The van der Waals surface area contributed by atoms with Gasteiger partial charge in [-0.25, -0.2) is 9.67 Å². The summed E-state index contributed by atoms with van der Waals surface area (Å²) >= 11 is 0. The number of aromatic nitrogens is 4. The Morgan fingerprint density at radius 3 is 2.62 bits per heavy atom. The highest BCUT2D eigenvalue weighted by molar-refractivity contribution is 5.55. The van der Waals surface area contributed by atoms with E-state index in [1.165, 1.54) is 0 Å². The first-order valence-corrected chi connectivity index (χ1v) is 8.91. The van der Waals surface area contributed by atoms with E-state index in [0.717, 1.165) is 37.0 Å². The summed E-state index contributed by atoms with van der Waals surface area (Å²) in [5, 5.41) is 10.4. The first-order valence-electron chi connectivity index (χ1n) is 8.91. The molecule has 0 unspecified atom stereocenters. The van der Waals surface area contributed by atoms with Crippen molar-refractivity contribution < 1.29 is 13.2 Å². The second-order valence-electron chi connectivity index (χ2n) is 7.06.